The van der Waals surface area contributed by atoms with Crippen LogP contribution in [0.5, 0.6) is 0 Å². The molecule has 1 aliphatic heterocycles. The first-order valence-electron chi connectivity index (χ1n) is 9.53. The number of carbonyl (C=O) groups excluding carboxylic acids is 1. The van der Waals surface area contributed by atoms with Crippen LogP contribution in [0.2, 0.25) is 0 Å². The van der Waals surface area contributed by atoms with E-state index in [9.17, 15) is 4.79 Å². The largest absolute Gasteiger partial charge is 0.379 e. The minimum absolute atomic E-state index is 0.0596. The maximum absolute atomic E-state index is 12.4. The van der Waals surface area contributed by atoms with Gasteiger partial charge in [0.25, 0.3) is 0 Å². The van der Waals surface area contributed by atoms with Crippen LogP contribution in [0, 0.1) is 0 Å². The van der Waals surface area contributed by atoms with Crippen LogP contribution in [-0.2, 0) is 16.0 Å². The molecular weight excluding hydrogens is 338 g/mol. The van der Waals surface area contributed by atoms with Gasteiger partial charge in [-0.2, -0.15) is 0 Å². The van der Waals surface area contributed by atoms with Gasteiger partial charge in [0.1, 0.15) is 0 Å². The smallest absolute Gasteiger partial charge is 0.224 e. The van der Waals surface area contributed by atoms with E-state index in [2.05, 4.69) is 39.4 Å². The summed E-state index contributed by atoms with van der Waals surface area (Å²) in [7, 11) is 4.08. The number of benzene rings is 2. The molecule has 1 aliphatic rings. The zero-order chi connectivity index (χ0) is 19.1. The molecule has 0 spiro atoms. The fourth-order valence-electron chi connectivity index (χ4n) is 3.40. The van der Waals surface area contributed by atoms with Gasteiger partial charge in [0.15, 0.2) is 0 Å². The number of amides is 1. The van der Waals surface area contributed by atoms with Crippen molar-refractivity contribution in [3.8, 4) is 0 Å². The molecule has 27 heavy (non-hydrogen) atoms. The van der Waals surface area contributed by atoms with Gasteiger partial charge in [-0.05, 0) is 23.3 Å². The number of hydrogen-bond acceptors (Lipinski definition) is 4. The van der Waals surface area contributed by atoms with E-state index >= 15 is 0 Å². The average molecular weight is 367 g/mol. The Kier molecular flexibility index (Phi) is 6.85. The van der Waals surface area contributed by atoms with Crippen molar-refractivity contribution in [1.29, 1.82) is 0 Å². The number of rotatable bonds is 7. The third kappa shape index (κ3) is 5.55. The molecule has 2 aromatic carbocycles. The topological polar surface area (TPSA) is 44.8 Å². The first kappa shape index (κ1) is 19.4. The predicted octanol–water partition coefficient (Wildman–Crippen LogP) is 2.48. The van der Waals surface area contributed by atoms with Gasteiger partial charge in [-0.25, -0.2) is 0 Å². The quantitative estimate of drug-likeness (QED) is 0.817. The van der Waals surface area contributed by atoms with Gasteiger partial charge in [0.05, 0.1) is 25.7 Å². The minimum Gasteiger partial charge on any atom is -0.379 e. The van der Waals surface area contributed by atoms with Gasteiger partial charge in [-0.1, -0.05) is 42.5 Å². The monoisotopic (exact) mass is 367 g/mol. The number of ether oxygens (including phenoxy) is 1. The molecule has 0 radical (unpaired) electrons. The molecule has 0 aliphatic carbocycles. The molecule has 0 saturated carbocycles. The van der Waals surface area contributed by atoms with Gasteiger partial charge in [0.2, 0.25) is 5.91 Å². The number of nitrogens with one attached hydrogen (secondary N) is 1. The lowest BCUT2D eigenvalue weighted by molar-refractivity contribution is -0.120. The Hall–Kier alpha value is -2.37. The molecule has 1 unspecified atom stereocenters. The highest BCUT2D eigenvalue weighted by Crippen LogP contribution is 2.23. The molecule has 144 valence electrons. The molecule has 1 amide bonds. The van der Waals surface area contributed by atoms with E-state index in [1.54, 1.807) is 0 Å². The second-order valence-electron chi connectivity index (χ2n) is 7.12. The summed E-state index contributed by atoms with van der Waals surface area (Å²) in [6.45, 7) is 3.85. The van der Waals surface area contributed by atoms with E-state index in [1.807, 2.05) is 44.4 Å². The molecule has 1 heterocycles. The fourth-order valence-corrected chi connectivity index (χ4v) is 3.40. The summed E-state index contributed by atoms with van der Waals surface area (Å²) in [5, 5.41) is 3.13. The van der Waals surface area contributed by atoms with E-state index in [-0.39, 0.29) is 11.9 Å². The molecule has 3 rings (SSSR count). The molecule has 0 aromatic heterocycles. The van der Waals surface area contributed by atoms with Gasteiger partial charge >= 0.3 is 0 Å². The maximum atomic E-state index is 12.4. The van der Waals surface area contributed by atoms with Crippen molar-refractivity contribution in [3.63, 3.8) is 0 Å². The standard InChI is InChI=1S/C22H29N3O2/c1-24(2)20-10-8-19(9-11-20)21(25-12-14-27-15-13-25)17-23-22(26)16-18-6-4-3-5-7-18/h3-11,21H,12-17H2,1-2H3,(H,23,26). The Morgan fingerprint density at radius 1 is 1.07 bits per heavy atom. The van der Waals surface area contributed by atoms with Crippen LogP contribution in [-0.4, -0.2) is 57.8 Å². The van der Waals surface area contributed by atoms with Crippen LogP contribution in [0.3, 0.4) is 0 Å². The van der Waals surface area contributed by atoms with Crippen molar-refractivity contribution in [1.82, 2.24) is 10.2 Å². The van der Waals surface area contributed by atoms with Crippen molar-refractivity contribution < 1.29 is 9.53 Å². The van der Waals surface area contributed by atoms with Crippen molar-refractivity contribution in [3.05, 3.63) is 65.7 Å². The van der Waals surface area contributed by atoms with Gasteiger partial charge in [-0.3, -0.25) is 9.69 Å². The highest BCUT2D eigenvalue weighted by molar-refractivity contribution is 5.78. The van der Waals surface area contributed by atoms with E-state index in [4.69, 9.17) is 4.74 Å². The zero-order valence-corrected chi connectivity index (χ0v) is 16.2. The molecule has 0 bridgehead atoms. The normalized spacial score (nSPS) is 15.9. The summed E-state index contributed by atoms with van der Waals surface area (Å²) in [5.74, 6) is 0.0596. The van der Waals surface area contributed by atoms with Crippen LogP contribution in [0.15, 0.2) is 54.6 Å². The lowest BCUT2D eigenvalue weighted by Crippen LogP contribution is -2.44. The Morgan fingerprint density at radius 3 is 2.37 bits per heavy atom. The first-order chi connectivity index (χ1) is 13.1. The molecule has 5 nitrogen and oxygen atoms in total. The van der Waals surface area contributed by atoms with Crippen LogP contribution < -0.4 is 10.2 Å². The summed E-state index contributed by atoms with van der Waals surface area (Å²) in [4.78, 5) is 16.9. The van der Waals surface area contributed by atoms with Crippen LogP contribution in [0.25, 0.3) is 0 Å². The van der Waals surface area contributed by atoms with E-state index < -0.39 is 0 Å². The third-order valence-corrected chi connectivity index (χ3v) is 4.98. The van der Waals surface area contributed by atoms with E-state index in [0.29, 0.717) is 13.0 Å². The number of morpholine rings is 1. The predicted molar refractivity (Wildman–Crippen MR) is 109 cm³/mol. The first-order valence-corrected chi connectivity index (χ1v) is 9.53. The molecular formula is C22H29N3O2. The molecule has 1 saturated heterocycles. The van der Waals surface area contributed by atoms with Crippen LogP contribution in [0.4, 0.5) is 5.69 Å². The maximum Gasteiger partial charge on any atom is 0.224 e. The summed E-state index contributed by atoms with van der Waals surface area (Å²) < 4.78 is 5.51. The third-order valence-electron chi connectivity index (χ3n) is 4.98. The van der Waals surface area contributed by atoms with E-state index in [1.165, 1.54) is 11.3 Å². The Bertz CT molecular complexity index is 710. The van der Waals surface area contributed by atoms with E-state index in [0.717, 1.165) is 31.9 Å². The zero-order valence-electron chi connectivity index (χ0n) is 16.2. The summed E-state index contributed by atoms with van der Waals surface area (Å²) in [5.41, 5.74) is 3.43. The second-order valence-corrected chi connectivity index (χ2v) is 7.12. The average Bonchev–Trinajstić information content (AvgIpc) is 2.70. The van der Waals surface area contributed by atoms with Gasteiger partial charge in [-0.15, -0.1) is 0 Å². The second kappa shape index (κ2) is 9.53. The molecule has 1 N–H and O–H groups in total. The summed E-state index contributed by atoms with van der Waals surface area (Å²) >= 11 is 0. The summed E-state index contributed by atoms with van der Waals surface area (Å²) in [6.07, 6.45) is 0.413. The Balaban J connectivity index is 1.67. The van der Waals surface area contributed by atoms with Gasteiger partial charge in [0, 0.05) is 39.4 Å². The lowest BCUT2D eigenvalue weighted by Gasteiger charge is -2.35. The molecule has 5 heteroatoms. The summed E-state index contributed by atoms with van der Waals surface area (Å²) in [6, 6.07) is 18.6. The molecule has 1 atom stereocenters. The van der Waals surface area contributed by atoms with Crippen molar-refractivity contribution in [2.24, 2.45) is 0 Å². The number of carbonyl (C=O) groups is 1. The minimum atomic E-state index is 0.0596. The Morgan fingerprint density at radius 2 is 1.74 bits per heavy atom. The van der Waals surface area contributed by atoms with Crippen LogP contribution >= 0.6 is 0 Å². The van der Waals surface area contributed by atoms with Crippen molar-refractivity contribution in [2.75, 3.05) is 51.8 Å². The molecule has 1 fully saturated rings. The number of nitrogens with zero attached hydrogens (tertiary/aromatic N) is 2. The van der Waals surface area contributed by atoms with Gasteiger partial charge < -0.3 is 15.0 Å². The molecule has 2 aromatic rings. The highest BCUT2D eigenvalue weighted by atomic mass is 16.5. The Labute approximate surface area is 161 Å². The van der Waals surface area contributed by atoms with Crippen molar-refractivity contribution in [2.45, 2.75) is 12.5 Å². The number of anilines is 1. The van der Waals surface area contributed by atoms with Crippen molar-refractivity contribution >= 4 is 11.6 Å². The SMILES string of the molecule is CN(C)c1ccc(C(CNC(=O)Cc2ccccc2)N2CCOCC2)cc1. The van der Waals surface area contributed by atoms with Crippen LogP contribution in [0.1, 0.15) is 17.2 Å². The number of hydrogen-bond donors (Lipinski definition) is 1. The highest BCUT2D eigenvalue weighted by Gasteiger charge is 2.23. The lowest BCUT2D eigenvalue weighted by atomic mass is 10.0. The fraction of sp³-hybridized carbons (Fsp3) is 0.409.